The molecule has 0 aliphatic heterocycles. The molecule has 1 fully saturated rings. The smallest absolute Gasteiger partial charge is 0.239 e. The number of carbonyl (C=O) groups is 1. The molecule has 6 heteroatoms. The molecule has 2 unspecified atom stereocenters. The molecule has 0 aromatic rings. The number of amides is 1. The van der Waals surface area contributed by atoms with Crippen molar-refractivity contribution in [2.45, 2.75) is 49.9 Å². The maximum atomic E-state index is 11.7. The molecule has 2 atom stereocenters. The number of sulfone groups is 1. The minimum absolute atomic E-state index is 0.0230. The highest BCUT2D eigenvalue weighted by molar-refractivity contribution is 7.91. The van der Waals surface area contributed by atoms with Gasteiger partial charge in [-0.25, -0.2) is 8.42 Å². The van der Waals surface area contributed by atoms with Crippen LogP contribution in [0.25, 0.3) is 0 Å². The lowest BCUT2D eigenvalue weighted by molar-refractivity contribution is -0.124. The van der Waals surface area contributed by atoms with Crippen LogP contribution in [0.3, 0.4) is 0 Å². The van der Waals surface area contributed by atoms with E-state index in [1.54, 1.807) is 0 Å². The van der Waals surface area contributed by atoms with Crippen molar-refractivity contribution in [2.75, 3.05) is 6.26 Å². The van der Waals surface area contributed by atoms with E-state index in [9.17, 15) is 13.2 Å². The van der Waals surface area contributed by atoms with Gasteiger partial charge in [0.15, 0.2) is 9.84 Å². The van der Waals surface area contributed by atoms with E-state index in [0.29, 0.717) is 19.3 Å². The number of hydrogen-bond acceptors (Lipinski definition) is 4. The zero-order chi connectivity index (χ0) is 12.6. The van der Waals surface area contributed by atoms with Crippen LogP contribution in [0.15, 0.2) is 0 Å². The van der Waals surface area contributed by atoms with Gasteiger partial charge in [-0.15, -0.1) is 0 Å². The first kappa shape index (κ1) is 13.4. The van der Waals surface area contributed by atoms with Crippen LogP contribution in [0.5, 0.6) is 0 Å². The van der Waals surface area contributed by atoms with Gasteiger partial charge in [-0.05, 0) is 33.1 Å². The molecular weight excluding hydrogens is 228 g/mol. The Kier molecular flexibility index (Phi) is 3.64. The van der Waals surface area contributed by atoms with Crippen LogP contribution >= 0.6 is 0 Å². The van der Waals surface area contributed by atoms with Gasteiger partial charge in [0.25, 0.3) is 0 Å². The molecule has 0 radical (unpaired) electrons. The molecule has 0 saturated heterocycles. The summed E-state index contributed by atoms with van der Waals surface area (Å²) < 4.78 is 23.4. The third-order valence-electron chi connectivity index (χ3n) is 3.09. The number of carbonyl (C=O) groups excluding carboxylic acids is 1. The topological polar surface area (TPSA) is 89.3 Å². The molecule has 5 nitrogen and oxygen atoms in total. The molecule has 0 spiro atoms. The Morgan fingerprint density at radius 1 is 1.50 bits per heavy atom. The van der Waals surface area contributed by atoms with E-state index in [1.165, 1.54) is 6.26 Å². The Labute approximate surface area is 96.7 Å². The van der Waals surface area contributed by atoms with Gasteiger partial charge in [-0.1, -0.05) is 0 Å². The van der Waals surface area contributed by atoms with Crippen molar-refractivity contribution in [1.29, 1.82) is 0 Å². The summed E-state index contributed by atoms with van der Waals surface area (Å²) in [5.41, 5.74) is 4.32. The van der Waals surface area contributed by atoms with Crippen molar-refractivity contribution in [3.8, 4) is 0 Å². The van der Waals surface area contributed by atoms with Gasteiger partial charge in [0, 0.05) is 12.3 Å². The zero-order valence-electron chi connectivity index (χ0n) is 9.99. The van der Waals surface area contributed by atoms with Crippen molar-refractivity contribution < 1.29 is 13.2 Å². The summed E-state index contributed by atoms with van der Waals surface area (Å²) in [5, 5.41) is 2.36. The van der Waals surface area contributed by atoms with Crippen LogP contribution in [0.2, 0.25) is 0 Å². The Morgan fingerprint density at radius 2 is 2.06 bits per heavy atom. The maximum Gasteiger partial charge on any atom is 0.239 e. The van der Waals surface area contributed by atoms with E-state index in [1.807, 2.05) is 13.8 Å². The van der Waals surface area contributed by atoms with Crippen LogP contribution in [0.1, 0.15) is 33.1 Å². The molecule has 1 saturated carbocycles. The molecule has 1 amide bonds. The van der Waals surface area contributed by atoms with Crippen molar-refractivity contribution in [3.05, 3.63) is 0 Å². The summed E-state index contributed by atoms with van der Waals surface area (Å²) in [6.07, 6.45) is 2.88. The standard InChI is InChI=1S/C10H20N2O3S/c1-7(2)12-10(9(11)13)6-4-5-8(10)16(3,14)15/h7-8,12H,4-6H2,1-3H3,(H2,11,13). The Morgan fingerprint density at radius 3 is 2.44 bits per heavy atom. The van der Waals surface area contributed by atoms with E-state index in [4.69, 9.17) is 5.73 Å². The number of hydrogen-bond donors (Lipinski definition) is 2. The van der Waals surface area contributed by atoms with E-state index in [0.717, 1.165) is 0 Å². The normalized spacial score (nSPS) is 30.9. The minimum Gasteiger partial charge on any atom is -0.368 e. The summed E-state index contributed by atoms with van der Waals surface area (Å²) in [6.45, 7) is 3.75. The Hall–Kier alpha value is -0.620. The summed E-state index contributed by atoms with van der Waals surface area (Å²) in [5.74, 6) is -0.561. The second-order valence-corrected chi connectivity index (χ2v) is 7.07. The van der Waals surface area contributed by atoms with Crippen LogP contribution in [-0.2, 0) is 14.6 Å². The van der Waals surface area contributed by atoms with Crippen LogP contribution in [0.4, 0.5) is 0 Å². The third kappa shape index (κ3) is 2.38. The van der Waals surface area contributed by atoms with Gasteiger partial charge < -0.3 is 11.1 Å². The zero-order valence-corrected chi connectivity index (χ0v) is 10.8. The highest BCUT2D eigenvalue weighted by Gasteiger charge is 2.52. The Balaban J connectivity index is 3.14. The van der Waals surface area contributed by atoms with Crippen molar-refractivity contribution >= 4 is 15.7 Å². The fraction of sp³-hybridized carbons (Fsp3) is 0.900. The predicted molar refractivity (Wildman–Crippen MR) is 62.7 cm³/mol. The average Bonchev–Trinajstić information content (AvgIpc) is 2.46. The summed E-state index contributed by atoms with van der Waals surface area (Å²) in [7, 11) is -3.26. The molecule has 0 heterocycles. The lowest BCUT2D eigenvalue weighted by Crippen LogP contribution is -2.63. The van der Waals surface area contributed by atoms with E-state index in [-0.39, 0.29) is 6.04 Å². The number of primary amides is 1. The van der Waals surface area contributed by atoms with Gasteiger partial charge in [-0.2, -0.15) is 0 Å². The maximum absolute atomic E-state index is 11.7. The second-order valence-electron chi connectivity index (χ2n) is 4.85. The van der Waals surface area contributed by atoms with Gasteiger partial charge in [0.05, 0.1) is 5.25 Å². The first-order valence-electron chi connectivity index (χ1n) is 5.46. The lowest BCUT2D eigenvalue weighted by Gasteiger charge is -2.34. The number of nitrogens with two attached hydrogens (primary N) is 1. The molecule has 94 valence electrons. The summed E-state index contributed by atoms with van der Waals surface area (Å²) in [4.78, 5) is 11.6. The molecular formula is C10H20N2O3S. The molecule has 16 heavy (non-hydrogen) atoms. The Bertz CT molecular complexity index is 378. The van der Waals surface area contributed by atoms with Crippen LogP contribution in [0, 0.1) is 0 Å². The molecule has 0 aromatic heterocycles. The predicted octanol–water partition coefficient (Wildman–Crippen LogP) is -0.194. The van der Waals surface area contributed by atoms with Crippen molar-refractivity contribution in [2.24, 2.45) is 5.73 Å². The van der Waals surface area contributed by atoms with Gasteiger partial charge in [0.1, 0.15) is 5.54 Å². The largest absolute Gasteiger partial charge is 0.368 e. The van der Waals surface area contributed by atoms with Crippen molar-refractivity contribution in [1.82, 2.24) is 5.32 Å². The van der Waals surface area contributed by atoms with Crippen LogP contribution < -0.4 is 11.1 Å². The fourth-order valence-electron chi connectivity index (χ4n) is 2.59. The summed E-state index contributed by atoms with van der Waals surface area (Å²) >= 11 is 0. The fourth-order valence-corrected chi connectivity index (χ4v) is 4.21. The molecule has 1 aliphatic rings. The van der Waals surface area contributed by atoms with E-state index in [2.05, 4.69) is 5.32 Å². The van der Waals surface area contributed by atoms with Gasteiger partial charge in [-0.3, -0.25) is 4.79 Å². The lowest BCUT2D eigenvalue weighted by atomic mass is 9.95. The molecule has 1 rings (SSSR count). The average molecular weight is 248 g/mol. The first-order chi connectivity index (χ1) is 7.20. The number of rotatable bonds is 4. The summed E-state index contributed by atoms with van der Waals surface area (Å²) in [6, 6.07) is 0.0230. The minimum atomic E-state index is -3.26. The highest BCUT2D eigenvalue weighted by atomic mass is 32.2. The molecule has 0 aromatic carbocycles. The van der Waals surface area contributed by atoms with Crippen molar-refractivity contribution in [3.63, 3.8) is 0 Å². The molecule has 1 aliphatic carbocycles. The monoisotopic (exact) mass is 248 g/mol. The SMILES string of the molecule is CC(C)NC1(C(N)=O)CCCC1S(C)(=O)=O. The molecule has 0 bridgehead atoms. The van der Waals surface area contributed by atoms with Gasteiger partial charge >= 0.3 is 0 Å². The number of nitrogens with one attached hydrogen (secondary N) is 1. The third-order valence-corrected chi connectivity index (χ3v) is 4.76. The second kappa shape index (κ2) is 4.33. The molecule has 3 N–H and O–H groups in total. The quantitative estimate of drug-likeness (QED) is 0.721. The van der Waals surface area contributed by atoms with Gasteiger partial charge in [0.2, 0.25) is 5.91 Å². The van der Waals surface area contributed by atoms with E-state index < -0.39 is 26.5 Å². The van der Waals surface area contributed by atoms with E-state index >= 15 is 0 Å². The highest BCUT2D eigenvalue weighted by Crippen LogP contribution is 2.35. The first-order valence-corrected chi connectivity index (χ1v) is 7.42. The van der Waals surface area contributed by atoms with Crippen LogP contribution in [-0.4, -0.2) is 37.4 Å².